The second-order valence-electron chi connectivity index (χ2n) is 6.22. The van der Waals surface area contributed by atoms with Gasteiger partial charge in [-0.25, -0.2) is 4.79 Å². The number of carbonyl (C=O) groups is 2. The van der Waals surface area contributed by atoms with Crippen molar-refractivity contribution < 1.29 is 14.7 Å². The number of nitrogens with zero attached hydrogens (tertiary/aromatic N) is 1. The lowest BCUT2D eigenvalue weighted by Gasteiger charge is -2.17. The van der Waals surface area contributed by atoms with E-state index in [1.807, 2.05) is 4.90 Å². The lowest BCUT2D eigenvalue weighted by atomic mass is 10.2. The monoisotopic (exact) mass is 337 g/mol. The van der Waals surface area contributed by atoms with Gasteiger partial charge in [0.2, 0.25) is 5.91 Å². The fraction of sp³-hybridized carbons (Fsp3) is 0.500. The van der Waals surface area contributed by atoms with E-state index >= 15 is 0 Å². The summed E-state index contributed by atoms with van der Waals surface area (Å²) < 4.78 is 0. The highest BCUT2D eigenvalue weighted by molar-refractivity contribution is 6.32. The van der Waals surface area contributed by atoms with Crippen LogP contribution >= 0.6 is 11.6 Å². The van der Waals surface area contributed by atoms with Gasteiger partial charge in [-0.2, -0.15) is 0 Å². The summed E-state index contributed by atoms with van der Waals surface area (Å²) >= 11 is 5.82. The fourth-order valence-corrected chi connectivity index (χ4v) is 2.97. The number of rotatable bonds is 5. The molecule has 1 saturated heterocycles. The smallest absolute Gasteiger partial charge is 0.315 e. The van der Waals surface area contributed by atoms with Crippen molar-refractivity contribution in [2.45, 2.75) is 31.8 Å². The third kappa shape index (κ3) is 4.07. The standard InChI is InChI=1S/C16H20ClN3O3/c17-13-3-1-2-11(15(13)22)7-18-16(23)19-12-6-14(21)20(9-12)8-10-4-5-10/h1-3,10,12,22H,4-9H2,(H2,18,19,23). The van der Waals surface area contributed by atoms with Crippen LogP contribution in [0.1, 0.15) is 24.8 Å². The molecule has 0 spiro atoms. The molecule has 2 fully saturated rings. The van der Waals surface area contributed by atoms with Crippen LogP contribution in [0.4, 0.5) is 4.79 Å². The first-order valence-electron chi connectivity index (χ1n) is 7.81. The molecule has 1 aliphatic heterocycles. The normalized spacial score (nSPS) is 20.7. The Morgan fingerprint density at radius 2 is 2.17 bits per heavy atom. The quantitative estimate of drug-likeness (QED) is 0.767. The van der Waals surface area contributed by atoms with Crippen molar-refractivity contribution in [2.24, 2.45) is 5.92 Å². The Labute approximate surface area is 139 Å². The Kier molecular flexibility index (Phi) is 4.61. The number of amides is 3. The second-order valence-corrected chi connectivity index (χ2v) is 6.62. The molecule has 0 bridgehead atoms. The Morgan fingerprint density at radius 3 is 2.91 bits per heavy atom. The van der Waals surface area contributed by atoms with Crippen molar-refractivity contribution in [3.8, 4) is 5.75 Å². The third-order valence-corrected chi connectivity index (χ3v) is 4.54. The molecule has 1 unspecified atom stereocenters. The van der Waals surface area contributed by atoms with Crippen LogP contribution in [0, 0.1) is 5.92 Å². The van der Waals surface area contributed by atoms with Crippen molar-refractivity contribution in [2.75, 3.05) is 13.1 Å². The largest absolute Gasteiger partial charge is 0.506 e. The molecule has 124 valence electrons. The van der Waals surface area contributed by atoms with Gasteiger partial charge in [0.1, 0.15) is 5.75 Å². The van der Waals surface area contributed by atoms with Gasteiger partial charge in [0.05, 0.1) is 11.1 Å². The van der Waals surface area contributed by atoms with Crippen LogP contribution in [0.3, 0.4) is 0 Å². The van der Waals surface area contributed by atoms with Crippen molar-refractivity contribution in [3.63, 3.8) is 0 Å². The first-order valence-corrected chi connectivity index (χ1v) is 8.19. The molecule has 6 nitrogen and oxygen atoms in total. The molecular weight excluding hydrogens is 318 g/mol. The fourth-order valence-electron chi connectivity index (χ4n) is 2.77. The van der Waals surface area contributed by atoms with E-state index in [1.165, 1.54) is 12.8 Å². The van der Waals surface area contributed by atoms with Crippen LogP contribution in [-0.2, 0) is 11.3 Å². The van der Waals surface area contributed by atoms with Gasteiger partial charge in [-0.05, 0) is 24.8 Å². The number of carbonyl (C=O) groups excluding carboxylic acids is 2. The summed E-state index contributed by atoms with van der Waals surface area (Å²) in [6.45, 7) is 1.56. The summed E-state index contributed by atoms with van der Waals surface area (Å²) in [5.41, 5.74) is 0.547. The van der Waals surface area contributed by atoms with E-state index in [0.717, 1.165) is 6.54 Å². The summed E-state index contributed by atoms with van der Waals surface area (Å²) in [7, 11) is 0. The average Bonchev–Trinajstić information content (AvgIpc) is 3.25. The van der Waals surface area contributed by atoms with Gasteiger partial charge >= 0.3 is 6.03 Å². The molecule has 3 amide bonds. The maximum atomic E-state index is 11.9. The van der Waals surface area contributed by atoms with Crippen LogP contribution < -0.4 is 10.6 Å². The lowest BCUT2D eigenvalue weighted by molar-refractivity contribution is -0.127. The van der Waals surface area contributed by atoms with Crippen molar-refractivity contribution in [1.29, 1.82) is 0 Å². The zero-order valence-corrected chi connectivity index (χ0v) is 13.5. The van der Waals surface area contributed by atoms with Crippen LogP contribution in [0.25, 0.3) is 0 Å². The Hall–Kier alpha value is -1.95. The molecule has 0 radical (unpaired) electrons. The average molecular weight is 338 g/mol. The van der Waals surface area contributed by atoms with Crippen molar-refractivity contribution in [3.05, 3.63) is 28.8 Å². The van der Waals surface area contributed by atoms with Crippen molar-refractivity contribution in [1.82, 2.24) is 15.5 Å². The molecule has 1 aromatic carbocycles. The minimum Gasteiger partial charge on any atom is -0.506 e. The van der Waals surface area contributed by atoms with Crippen LogP contribution in [0.15, 0.2) is 18.2 Å². The van der Waals surface area contributed by atoms with Gasteiger partial charge in [0.25, 0.3) is 0 Å². The molecule has 7 heteroatoms. The van der Waals surface area contributed by atoms with E-state index in [2.05, 4.69) is 10.6 Å². The Bertz CT molecular complexity index is 619. The van der Waals surface area contributed by atoms with Crippen LogP contribution in [0.5, 0.6) is 5.75 Å². The number of nitrogens with one attached hydrogen (secondary N) is 2. The van der Waals surface area contributed by atoms with E-state index in [1.54, 1.807) is 18.2 Å². The molecular formula is C16H20ClN3O3. The van der Waals surface area contributed by atoms with Gasteiger partial charge in [0.15, 0.2) is 0 Å². The molecule has 3 rings (SSSR count). The molecule has 1 saturated carbocycles. The number of hydrogen-bond acceptors (Lipinski definition) is 3. The number of phenols is 1. The molecule has 1 aromatic rings. The number of urea groups is 1. The van der Waals surface area contributed by atoms with Gasteiger partial charge in [-0.3, -0.25) is 4.79 Å². The van der Waals surface area contributed by atoms with E-state index < -0.39 is 0 Å². The summed E-state index contributed by atoms with van der Waals surface area (Å²) in [5.74, 6) is 0.730. The highest BCUT2D eigenvalue weighted by atomic mass is 35.5. The third-order valence-electron chi connectivity index (χ3n) is 4.23. The zero-order valence-electron chi connectivity index (χ0n) is 12.7. The number of likely N-dealkylation sites (tertiary alicyclic amines) is 1. The zero-order chi connectivity index (χ0) is 16.4. The number of hydrogen-bond donors (Lipinski definition) is 3. The molecule has 23 heavy (non-hydrogen) atoms. The molecule has 1 heterocycles. The Balaban J connectivity index is 1.46. The summed E-state index contributed by atoms with van der Waals surface area (Å²) in [5, 5.41) is 15.5. The molecule has 3 N–H and O–H groups in total. The summed E-state index contributed by atoms with van der Waals surface area (Å²) in [6, 6.07) is 4.48. The van der Waals surface area contributed by atoms with E-state index in [4.69, 9.17) is 11.6 Å². The number of phenolic OH excluding ortho intramolecular Hbond substituents is 1. The van der Waals surface area contributed by atoms with E-state index in [0.29, 0.717) is 24.4 Å². The first kappa shape index (κ1) is 15.9. The number of benzene rings is 1. The summed E-state index contributed by atoms with van der Waals surface area (Å²) in [6.07, 6.45) is 2.75. The molecule has 0 aromatic heterocycles. The van der Waals surface area contributed by atoms with E-state index in [-0.39, 0.29) is 35.3 Å². The molecule has 2 aliphatic rings. The maximum absolute atomic E-state index is 11.9. The highest BCUT2D eigenvalue weighted by Crippen LogP contribution is 2.31. The minimum atomic E-state index is -0.351. The van der Waals surface area contributed by atoms with Gasteiger partial charge < -0.3 is 20.6 Å². The highest BCUT2D eigenvalue weighted by Gasteiger charge is 2.34. The van der Waals surface area contributed by atoms with Crippen molar-refractivity contribution >= 4 is 23.5 Å². The van der Waals surface area contributed by atoms with Gasteiger partial charge in [-0.15, -0.1) is 0 Å². The predicted molar refractivity (Wildman–Crippen MR) is 86.2 cm³/mol. The summed E-state index contributed by atoms with van der Waals surface area (Å²) in [4.78, 5) is 25.7. The topological polar surface area (TPSA) is 81.7 Å². The maximum Gasteiger partial charge on any atom is 0.315 e. The first-order chi connectivity index (χ1) is 11.0. The van der Waals surface area contributed by atoms with E-state index in [9.17, 15) is 14.7 Å². The molecule has 1 atom stereocenters. The number of aromatic hydroxyl groups is 1. The second kappa shape index (κ2) is 6.66. The van der Waals surface area contributed by atoms with Crippen LogP contribution in [0.2, 0.25) is 5.02 Å². The van der Waals surface area contributed by atoms with Gasteiger partial charge in [0, 0.05) is 31.6 Å². The number of halogens is 1. The Morgan fingerprint density at radius 1 is 1.39 bits per heavy atom. The lowest BCUT2D eigenvalue weighted by Crippen LogP contribution is -2.43. The molecule has 1 aliphatic carbocycles. The SMILES string of the molecule is O=C(NCc1cccc(Cl)c1O)NC1CC(=O)N(CC2CC2)C1. The predicted octanol–water partition coefficient (Wildman–Crippen LogP) is 1.86. The minimum absolute atomic E-state index is 0.0267. The number of para-hydroxylation sites is 1. The van der Waals surface area contributed by atoms with Gasteiger partial charge in [-0.1, -0.05) is 23.7 Å². The van der Waals surface area contributed by atoms with Crippen LogP contribution in [-0.4, -0.2) is 41.1 Å².